The van der Waals surface area contributed by atoms with Crippen molar-refractivity contribution in [1.29, 1.82) is 0 Å². The zero-order chi connectivity index (χ0) is 4.95. The third kappa shape index (κ3) is 1.78. The molecule has 42 valence electrons. The molecule has 1 fully saturated rings. The van der Waals surface area contributed by atoms with E-state index in [2.05, 4.69) is 29.9 Å². The van der Waals surface area contributed by atoms with Crippen LogP contribution in [0.25, 0.3) is 0 Å². The van der Waals surface area contributed by atoms with Gasteiger partial charge in [0, 0.05) is 0 Å². The van der Waals surface area contributed by atoms with Crippen LogP contribution in [-0.4, -0.2) is 6.79 Å². The minimum Gasteiger partial charge on any atom is -0.172 e. The third-order valence-electron chi connectivity index (χ3n) is 0.276. The van der Waals surface area contributed by atoms with Crippen molar-refractivity contribution in [2.24, 2.45) is 0 Å². The van der Waals surface area contributed by atoms with Crippen LogP contribution in [-0.2, 0) is 29.9 Å². The molecule has 6 heteroatoms. The van der Waals surface area contributed by atoms with E-state index < -0.39 is 0 Å². The Labute approximate surface area is 38.1 Å². The summed E-state index contributed by atoms with van der Waals surface area (Å²) in [5.41, 5.74) is 0. The molecule has 1 saturated heterocycles. The standard InChI is InChI=1S/CH2O6/c1-2-4-6-7-5-3-1/h1H2. The molecule has 0 aromatic carbocycles. The summed E-state index contributed by atoms with van der Waals surface area (Å²) in [6.45, 7) is -0.194. The molecular formula is CH2O6. The molecule has 1 aliphatic rings. The zero-order valence-corrected chi connectivity index (χ0v) is 3.16. The van der Waals surface area contributed by atoms with Crippen LogP contribution < -0.4 is 0 Å². The van der Waals surface area contributed by atoms with Crippen molar-refractivity contribution in [3.8, 4) is 0 Å². The fourth-order valence-electron chi connectivity index (χ4n) is 0.121. The summed E-state index contributed by atoms with van der Waals surface area (Å²) in [5.74, 6) is 0. The molecule has 1 rings (SSSR count). The Bertz CT molecular complexity index is 23.8. The molecule has 0 amide bonds. The molecule has 0 radical (unpaired) electrons. The quantitative estimate of drug-likeness (QED) is 0.396. The summed E-state index contributed by atoms with van der Waals surface area (Å²) in [6.07, 6.45) is 0. The second-order valence-corrected chi connectivity index (χ2v) is 0.626. The average Bonchev–Trinajstić information content (AvgIpc) is 1.90. The minimum absolute atomic E-state index is 0.194. The van der Waals surface area contributed by atoms with Gasteiger partial charge >= 0.3 is 0 Å². The fraction of sp³-hybridized carbons (Fsp3) is 1.00. The van der Waals surface area contributed by atoms with Gasteiger partial charge in [-0.2, -0.15) is 9.78 Å². The predicted molar refractivity (Wildman–Crippen MR) is 11.4 cm³/mol. The maximum absolute atomic E-state index is 4.00. The van der Waals surface area contributed by atoms with Crippen LogP contribution >= 0.6 is 0 Å². The van der Waals surface area contributed by atoms with Gasteiger partial charge in [-0.15, -0.1) is 0 Å². The highest BCUT2D eigenvalue weighted by molar-refractivity contribution is 3.70. The first-order valence-electron chi connectivity index (χ1n) is 1.41. The van der Waals surface area contributed by atoms with E-state index >= 15 is 0 Å². The molecule has 7 heavy (non-hydrogen) atoms. The summed E-state index contributed by atoms with van der Waals surface area (Å²) < 4.78 is 0. The van der Waals surface area contributed by atoms with Crippen molar-refractivity contribution in [3.05, 3.63) is 0 Å². The van der Waals surface area contributed by atoms with Gasteiger partial charge in [-0.05, 0) is 20.2 Å². The largest absolute Gasteiger partial charge is 0.221 e. The summed E-state index contributed by atoms with van der Waals surface area (Å²) >= 11 is 0. The van der Waals surface area contributed by atoms with Gasteiger partial charge in [-0.25, -0.2) is 0 Å². The monoisotopic (exact) mass is 110 g/mol. The van der Waals surface area contributed by atoms with Gasteiger partial charge in [-0.1, -0.05) is 0 Å². The zero-order valence-electron chi connectivity index (χ0n) is 3.16. The summed E-state index contributed by atoms with van der Waals surface area (Å²) in [6, 6.07) is 0. The number of hydrogen-bond acceptors (Lipinski definition) is 6. The molecule has 0 spiro atoms. The number of rotatable bonds is 0. The van der Waals surface area contributed by atoms with Crippen LogP contribution in [0.3, 0.4) is 0 Å². The minimum atomic E-state index is -0.194. The van der Waals surface area contributed by atoms with Crippen LogP contribution in [0.1, 0.15) is 0 Å². The topological polar surface area (TPSA) is 55.4 Å². The lowest BCUT2D eigenvalue weighted by Crippen LogP contribution is -1.91. The summed E-state index contributed by atoms with van der Waals surface area (Å²) in [5, 5.41) is 14.7. The highest BCUT2D eigenvalue weighted by Crippen LogP contribution is 1.92. The second-order valence-electron chi connectivity index (χ2n) is 0.626. The second kappa shape index (κ2) is 2.86. The van der Waals surface area contributed by atoms with Gasteiger partial charge in [0.2, 0.25) is 6.79 Å². The van der Waals surface area contributed by atoms with Crippen molar-refractivity contribution < 1.29 is 29.9 Å². The lowest BCUT2D eigenvalue weighted by molar-refractivity contribution is -0.716. The van der Waals surface area contributed by atoms with E-state index in [4.69, 9.17) is 0 Å². The van der Waals surface area contributed by atoms with Crippen LogP contribution in [0, 0.1) is 0 Å². The smallest absolute Gasteiger partial charge is 0.172 e. The normalized spacial score (nSPS) is 24.0. The Morgan fingerprint density at radius 2 is 1.29 bits per heavy atom. The Morgan fingerprint density at radius 3 is 1.86 bits per heavy atom. The molecule has 0 aliphatic carbocycles. The molecule has 0 unspecified atom stereocenters. The van der Waals surface area contributed by atoms with Gasteiger partial charge in [0.25, 0.3) is 0 Å². The summed E-state index contributed by atoms with van der Waals surface area (Å²) in [4.78, 5) is 8.00. The molecule has 0 saturated carbocycles. The highest BCUT2D eigenvalue weighted by Gasteiger charge is 1.98. The Balaban J connectivity index is 2.04. The van der Waals surface area contributed by atoms with Crippen LogP contribution in [0.2, 0.25) is 0 Å². The van der Waals surface area contributed by atoms with Gasteiger partial charge in [0.1, 0.15) is 0 Å². The van der Waals surface area contributed by atoms with Crippen LogP contribution in [0.4, 0.5) is 0 Å². The molecule has 0 atom stereocenters. The first-order chi connectivity index (χ1) is 3.50. The van der Waals surface area contributed by atoms with Crippen molar-refractivity contribution in [2.45, 2.75) is 0 Å². The molecule has 0 aromatic heterocycles. The first kappa shape index (κ1) is 4.91. The average molecular weight is 110 g/mol. The molecule has 6 nitrogen and oxygen atoms in total. The predicted octanol–water partition coefficient (Wildman–Crippen LogP) is -0.368. The van der Waals surface area contributed by atoms with E-state index in [-0.39, 0.29) is 6.79 Å². The number of hydrogen-bond donors (Lipinski definition) is 0. The van der Waals surface area contributed by atoms with E-state index in [1.165, 1.54) is 0 Å². The lowest BCUT2D eigenvalue weighted by Gasteiger charge is -1.83. The molecule has 0 N–H and O–H groups in total. The van der Waals surface area contributed by atoms with Crippen LogP contribution in [0.5, 0.6) is 0 Å². The van der Waals surface area contributed by atoms with Gasteiger partial charge < -0.3 is 0 Å². The third-order valence-corrected chi connectivity index (χ3v) is 0.276. The lowest BCUT2D eigenvalue weighted by atomic mass is 11.5. The maximum atomic E-state index is 4.00. The van der Waals surface area contributed by atoms with Crippen molar-refractivity contribution in [2.75, 3.05) is 6.79 Å². The maximum Gasteiger partial charge on any atom is 0.221 e. The highest BCUT2D eigenvalue weighted by atomic mass is 17.8. The molecule has 1 aliphatic heterocycles. The molecule has 0 aromatic rings. The van der Waals surface area contributed by atoms with Gasteiger partial charge in [0.15, 0.2) is 0 Å². The van der Waals surface area contributed by atoms with Crippen molar-refractivity contribution in [3.63, 3.8) is 0 Å². The fourth-order valence-corrected chi connectivity index (χ4v) is 0.121. The van der Waals surface area contributed by atoms with Gasteiger partial charge in [-0.3, -0.25) is 0 Å². The van der Waals surface area contributed by atoms with Crippen molar-refractivity contribution >= 4 is 0 Å². The van der Waals surface area contributed by atoms with E-state index in [0.29, 0.717) is 0 Å². The van der Waals surface area contributed by atoms with E-state index in [1.807, 2.05) is 0 Å². The Kier molecular flexibility index (Phi) is 2.00. The molecule has 0 bridgehead atoms. The van der Waals surface area contributed by atoms with Gasteiger partial charge in [0.05, 0.1) is 0 Å². The van der Waals surface area contributed by atoms with E-state index in [1.54, 1.807) is 0 Å². The molecular weight excluding hydrogens is 108 g/mol. The first-order valence-corrected chi connectivity index (χ1v) is 1.41. The Morgan fingerprint density at radius 1 is 0.714 bits per heavy atom. The summed E-state index contributed by atoms with van der Waals surface area (Å²) in [7, 11) is 0. The van der Waals surface area contributed by atoms with Crippen molar-refractivity contribution in [1.82, 2.24) is 0 Å². The van der Waals surface area contributed by atoms with Crippen LogP contribution in [0.15, 0.2) is 0 Å². The van der Waals surface area contributed by atoms with E-state index in [9.17, 15) is 0 Å². The Hall–Kier alpha value is -0.240. The SMILES string of the molecule is C1OOOOOO1. The van der Waals surface area contributed by atoms with E-state index in [0.717, 1.165) is 0 Å². The molecule has 1 heterocycles.